The van der Waals surface area contributed by atoms with E-state index >= 15 is 0 Å². The molecule has 0 aliphatic heterocycles. The van der Waals surface area contributed by atoms with Crippen molar-refractivity contribution in [1.82, 2.24) is 10.3 Å². The lowest BCUT2D eigenvalue weighted by Crippen LogP contribution is -2.35. The molecule has 1 aliphatic carbocycles. The number of nitrogens with zero attached hydrogens (tertiary/aromatic N) is 1. The first-order chi connectivity index (χ1) is 7.25. The van der Waals surface area contributed by atoms with Crippen LogP contribution < -0.4 is 5.32 Å². The SMILES string of the molecule is Cc1ncc(C(=O)NC2CCCCC2)s1. The summed E-state index contributed by atoms with van der Waals surface area (Å²) < 4.78 is 0. The molecule has 3 nitrogen and oxygen atoms in total. The van der Waals surface area contributed by atoms with Crippen molar-refractivity contribution in [2.24, 2.45) is 0 Å². The van der Waals surface area contributed by atoms with Crippen LogP contribution >= 0.6 is 11.3 Å². The highest BCUT2D eigenvalue weighted by Crippen LogP contribution is 2.18. The standard InChI is InChI=1S/C11H16N2OS/c1-8-12-7-10(15-8)11(14)13-9-5-3-2-4-6-9/h7,9H,2-6H2,1H3,(H,13,14). The van der Waals surface area contributed by atoms with E-state index in [0.29, 0.717) is 6.04 Å². The van der Waals surface area contributed by atoms with Gasteiger partial charge in [0.2, 0.25) is 0 Å². The van der Waals surface area contributed by atoms with Crippen molar-refractivity contribution in [1.29, 1.82) is 0 Å². The van der Waals surface area contributed by atoms with Crippen LogP contribution in [0.5, 0.6) is 0 Å². The Hall–Kier alpha value is -0.900. The second-order valence-electron chi connectivity index (χ2n) is 4.05. The Morgan fingerprint density at radius 2 is 2.20 bits per heavy atom. The van der Waals surface area contributed by atoms with Crippen molar-refractivity contribution in [3.8, 4) is 0 Å². The largest absolute Gasteiger partial charge is 0.349 e. The minimum absolute atomic E-state index is 0.0486. The van der Waals surface area contributed by atoms with Crippen LogP contribution in [-0.2, 0) is 0 Å². The lowest BCUT2D eigenvalue weighted by atomic mass is 9.95. The first-order valence-corrected chi connectivity index (χ1v) is 6.30. The number of rotatable bonds is 2. The molecule has 4 heteroatoms. The maximum Gasteiger partial charge on any atom is 0.263 e. The van der Waals surface area contributed by atoms with Crippen molar-refractivity contribution < 1.29 is 4.79 Å². The molecule has 1 aliphatic rings. The lowest BCUT2D eigenvalue weighted by molar-refractivity contribution is 0.0931. The monoisotopic (exact) mass is 224 g/mol. The number of carbonyl (C=O) groups excluding carboxylic acids is 1. The molecule has 0 radical (unpaired) electrons. The zero-order valence-corrected chi connectivity index (χ0v) is 9.77. The van der Waals surface area contributed by atoms with Crippen LogP contribution in [0.1, 0.15) is 46.8 Å². The zero-order chi connectivity index (χ0) is 10.7. The van der Waals surface area contributed by atoms with E-state index in [1.54, 1.807) is 6.20 Å². The molecule has 1 aromatic rings. The van der Waals surface area contributed by atoms with Gasteiger partial charge in [0.1, 0.15) is 4.88 Å². The molecule has 1 amide bonds. The topological polar surface area (TPSA) is 42.0 Å². The summed E-state index contributed by atoms with van der Waals surface area (Å²) >= 11 is 1.46. The van der Waals surface area contributed by atoms with E-state index in [2.05, 4.69) is 10.3 Å². The number of amides is 1. The molecule has 15 heavy (non-hydrogen) atoms. The molecular weight excluding hydrogens is 208 g/mol. The van der Waals surface area contributed by atoms with Crippen LogP contribution in [0.4, 0.5) is 0 Å². The summed E-state index contributed by atoms with van der Waals surface area (Å²) in [5.74, 6) is 0.0486. The van der Waals surface area contributed by atoms with Gasteiger partial charge in [-0.1, -0.05) is 19.3 Å². The van der Waals surface area contributed by atoms with Gasteiger partial charge in [0.25, 0.3) is 5.91 Å². The molecule has 0 aromatic carbocycles. The number of thiazole rings is 1. The number of hydrogen-bond donors (Lipinski definition) is 1. The first-order valence-electron chi connectivity index (χ1n) is 5.49. The molecule has 0 unspecified atom stereocenters. The van der Waals surface area contributed by atoms with Crippen molar-refractivity contribution >= 4 is 17.2 Å². The van der Waals surface area contributed by atoms with Gasteiger partial charge in [-0.25, -0.2) is 4.98 Å². The average Bonchev–Trinajstić information content (AvgIpc) is 2.66. The van der Waals surface area contributed by atoms with Gasteiger partial charge in [-0.3, -0.25) is 4.79 Å². The van der Waals surface area contributed by atoms with E-state index in [0.717, 1.165) is 22.7 Å². The van der Waals surface area contributed by atoms with Gasteiger partial charge in [-0.2, -0.15) is 0 Å². The molecule has 2 rings (SSSR count). The third-order valence-electron chi connectivity index (χ3n) is 2.79. The van der Waals surface area contributed by atoms with E-state index in [4.69, 9.17) is 0 Å². The highest BCUT2D eigenvalue weighted by Gasteiger charge is 2.17. The van der Waals surface area contributed by atoms with E-state index in [1.165, 1.54) is 30.6 Å². The fourth-order valence-electron chi connectivity index (χ4n) is 1.97. The summed E-state index contributed by atoms with van der Waals surface area (Å²) in [6, 6.07) is 0.383. The normalized spacial score (nSPS) is 17.7. The minimum atomic E-state index is 0.0486. The van der Waals surface area contributed by atoms with Crippen molar-refractivity contribution in [3.63, 3.8) is 0 Å². The highest BCUT2D eigenvalue weighted by atomic mass is 32.1. The maximum absolute atomic E-state index is 11.8. The molecule has 0 bridgehead atoms. The lowest BCUT2D eigenvalue weighted by Gasteiger charge is -2.22. The van der Waals surface area contributed by atoms with Crippen LogP contribution in [0.15, 0.2) is 6.20 Å². The van der Waals surface area contributed by atoms with Gasteiger partial charge < -0.3 is 5.32 Å². The average molecular weight is 224 g/mol. The third-order valence-corrected chi connectivity index (χ3v) is 3.70. The van der Waals surface area contributed by atoms with Gasteiger partial charge >= 0.3 is 0 Å². The fraction of sp³-hybridized carbons (Fsp3) is 0.636. The van der Waals surface area contributed by atoms with Gasteiger partial charge in [-0.15, -0.1) is 11.3 Å². The number of aromatic nitrogens is 1. The Morgan fingerprint density at radius 3 is 2.80 bits per heavy atom. The summed E-state index contributed by atoms with van der Waals surface area (Å²) in [7, 11) is 0. The molecule has 0 saturated heterocycles. The summed E-state index contributed by atoms with van der Waals surface area (Å²) in [4.78, 5) is 16.6. The number of aryl methyl sites for hydroxylation is 1. The Morgan fingerprint density at radius 1 is 1.47 bits per heavy atom. The molecule has 1 N–H and O–H groups in total. The summed E-state index contributed by atoms with van der Waals surface area (Å²) in [6.07, 6.45) is 7.72. The van der Waals surface area contributed by atoms with Crippen LogP contribution in [0, 0.1) is 6.92 Å². The summed E-state index contributed by atoms with van der Waals surface area (Å²) in [5, 5.41) is 4.03. The Balaban J connectivity index is 1.91. The molecule has 0 atom stereocenters. The quantitative estimate of drug-likeness (QED) is 0.838. The molecule has 1 heterocycles. The smallest absolute Gasteiger partial charge is 0.263 e. The van der Waals surface area contributed by atoms with Gasteiger partial charge in [-0.05, 0) is 19.8 Å². The maximum atomic E-state index is 11.8. The predicted molar refractivity (Wildman–Crippen MR) is 61.2 cm³/mol. The number of carbonyl (C=O) groups is 1. The number of hydrogen-bond acceptors (Lipinski definition) is 3. The first kappa shape index (κ1) is 10.6. The number of nitrogens with one attached hydrogen (secondary N) is 1. The summed E-state index contributed by atoms with van der Waals surface area (Å²) in [6.45, 7) is 1.92. The fourth-order valence-corrected chi connectivity index (χ4v) is 2.65. The molecule has 1 saturated carbocycles. The Labute approximate surface area is 93.9 Å². The van der Waals surface area contributed by atoms with Gasteiger partial charge in [0.15, 0.2) is 0 Å². The Kier molecular flexibility index (Phi) is 3.36. The summed E-state index contributed by atoms with van der Waals surface area (Å²) in [5.41, 5.74) is 0. The second-order valence-corrected chi connectivity index (χ2v) is 5.29. The minimum Gasteiger partial charge on any atom is -0.349 e. The van der Waals surface area contributed by atoms with E-state index in [-0.39, 0.29) is 5.91 Å². The molecule has 82 valence electrons. The molecule has 1 aromatic heterocycles. The van der Waals surface area contributed by atoms with Gasteiger partial charge in [0.05, 0.1) is 11.2 Å². The molecular formula is C11H16N2OS. The molecule has 0 spiro atoms. The van der Waals surface area contributed by atoms with Crippen LogP contribution in [0.3, 0.4) is 0 Å². The Bertz CT molecular complexity index is 342. The molecule has 1 fully saturated rings. The second kappa shape index (κ2) is 4.75. The van der Waals surface area contributed by atoms with Gasteiger partial charge in [0, 0.05) is 6.04 Å². The predicted octanol–water partition coefficient (Wildman–Crippen LogP) is 2.51. The van der Waals surface area contributed by atoms with E-state index < -0.39 is 0 Å². The zero-order valence-electron chi connectivity index (χ0n) is 8.95. The van der Waals surface area contributed by atoms with Crippen LogP contribution in [0.2, 0.25) is 0 Å². The highest BCUT2D eigenvalue weighted by molar-refractivity contribution is 7.13. The van der Waals surface area contributed by atoms with Crippen molar-refractivity contribution in [2.75, 3.05) is 0 Å². The van der Waals surface area contributed by atoms with Crippen molar-refractivity contribution in [3.05, 3.63) is 16.1 Å². The van der Waals surface area contributed by atoms with Crippen molar-refractivity contribution in [2.45, 2.75) is 45.1 Å². The van der Waals surface area contributed by atoms with Crippen LogP contribution in [0.25, 0.3) is 0 Å². The van der Waals surface area contributed by atoms with E-state index in [9.17, 15) is 4.79 Å². The third kappa shape index (κ3) is 2.78. The van der Waals surface area contributed by atoms with Crippen LogP contribution in [-0.4, -0.2) is 16.9 Å². The van der Waals surface area contributed by atoms with E-state index in [1.807, 2.05) is 6.92 Å².